The largest absolute Gasteiger partial charge is 0.387 e. The Balaban J connectivity index is 1.64. The van der Waals surface area contributed by atoms with E-state index >= 15 is 0 Å². The second kappa shape index (κ2) is 8.02. The fourth-order valence-corrected chi connectivity index (χ4v) is 2.64. The second-order valence-corrected chi connectivity index (χ2v) is 5.80. The molecule has 6 heteroatoms. The summed E-state index contributed by atoms with van der Waals surface area (Å²) in [6.45, 7) is 0.728. The number of carbonyl (C=O) groups is 1. The van der Waals surface area contributed by atoms with Crippen LogP contribution in [0.25, 0.3) is 0 Å². The summed E-state index contributed by atoms with van der Waals surface area (Å²) < 4.78 is 0. The zero-order valence-electron chi connectivity index (χ0n) is 11.4. The molecule has 2 aromatic rings. The van der Waals surface area contributed by atoms with Gasteiger partial charge in [-0.3, -0.25) is 0 Å². The molecular formula is C15H17ClN2O2S. The second-order valence-electron chi connectivity index (χ2n) is 4.59. The van der Waals surface area contributed by atoms with Crippen molar-refractivity contribution in [3.63, 3.8) is 0 Å². The van der Waals surface area contributed by atoms with Crippen molar-refractivity contribution in [2.75, 3.05) is 13.1 Å². The molecular weight excluding hydrogens is 308 g/mol. The van der Waals surface area contributed by atoms with Gasteiger partial charge in [-0.1, -0.05) is 23.7 Å². The maximum atomic E-state index is 11.6. The third-order valence-corrected chi connectivity index (χ3v) is 3.95. The topological polar surface area (TPSA) is 61.4 Å². The average molecular weight is 325 g/mol. The van der Waals surface area contributed by atoms with E-state index in [0.717, 1.165) is 17.5 Å². The maximum absolute atomic E-state index is 11.6. The standard InChI is InChI=1S/C15H17ClN2O2S/c16-13-3-1-11(2-4-13)5-7-17-15(20)18-9-14(19)12-6-8-21-10-12/h1-4,6,8,10,14,19H,5,7,9H2,(H2,17,18,20). The molecule has 0 aliphatic rings. The van der Waals surface area contributed by atoms with E-state index in [-0.39, 0.29) is 12.6 Å². The number of hydrogen-bond donors (Lipinski definition) is 3. The van der Waals surface area contributed by atoms with Crippen LogP contribution in [0.1, 0.15) is 17.2 Å². The lowest BCUT2D eigenvalue weighted by molar-refractivity contribution is 0.173. The highest BCUT2D eigenvalue weighted by Gasteiger charge is 2.09. The molecule has 112 valence electrons. The Morgan fingerprint density at radius 2 is 2.00 bits per heavy atom. The molecule has 1 unspecified atom stereocenters. The number of thiophene rings is 1. The molecule has 0 aliphatic carbocycles. The minimum Gasteiger partial charge on any atom is -0.387 e. The van der Waals surface area contributed by atoms with Gasteiger partial charge in [-0.15, -0.1) is 0 Å². The molecule has 2 rings (SSSR count). The Labute approximate surface area is 132 Å². The van der Waals surface area contributed by atoms with Crippen LogP contribution < -0.4 is 10.6 Å². The van der Waals surface area contributed by atoms with Crippen molar-refractivity contribution in [3.8, 4) is 0 Å². The van der Waals surface area contributed by atoms with Crippen molar-refractivity contribution >= 4 is 29.0 Å². The highest BCUT2D eigenvalue weighted by Crippen LogP contribution is 2.14. The van der Waals surface area contributed by atoms with E-state index in [4.69, 9.17) is 11.6 Å². The Kier molecular flexibility index (Phi) is 6.04. The third kappa shape index (κ3) is 5.38. The lowest BCUT2D eigenvalue weighted by Crippen LogP contribution is -2.38. The van der Waals surface area contributed by atoms with Gasteiger partial charge in [-0.2, -0.15) is 11.3 Å². The number of halogens is 1. The lowest BCUT2D eigenvalue weighted by Gasteiger charge is -2.11. The lowest BCUT2D eigenvalue weighted by atomic mass is 10.1. The van der Waals surface area contributed by atoms with Crippen LogP contribution in [0.2, 0.25) is 5.02 Å². The van der Waals surface area contributed by atoms with Gasteiger partial charge < -0.3 is 15.7 Å². The van der Waals surface area contributed by atoms with Gasteiger partial charge >= 0.3 is 6.03 Å². The third-order valence-electron chi connectivity index (χ3n) is 3.00. The number of amides is 2. The minimum atomic E-state index is -0.668. The summed E-state index contributed by atoms with van der Waals surface area (Å²) in [5.41, 5.74) is 1.93. The van der Waals surface area contributed by atoms with Crippen LogP contribution in [0.15, 0.2) is 41.1 Å². The van der Waals surface area contributed by atoms with E-state index < -0.39 is 6.10 Å². The molecule has 0 aliphatic heterocycles. The first-order valence-corrected chi connectivity index (χ1v) is 7.93. The summed E-state index contributed by atoms with van der Waals surface area (Å²) in [5.74, 6) is 0. The number of carbonyl (C=O) groups excluding carboxylic acids is 1. The SMILES string of the molecule is O=C(NCCc1ccc(Cl)cc1)NCC(O)c1ccsc1. The van der Waals surface area contributed by atoms with Crippen LogP contribution >= 0.6 is 22.9 Å². The average Bonchev–Trinajstić information content (AvgIpc) is 3.01. The van der Waals surface area contributed by atoms with Crippen molar-refractivity contribution in [2.24, 2.45) is 0 Å². The summed E-state index contributed by atoms with van der Waals surface area (Å²) in [6, 6.07) is 9.08. The van der Waals surface area contributed by atoms with E-state index in [1.807, 2.05) is 41.1 Å². The quantitative estimate of drug-likeness (QED) is 0.765. The van der Waals surface area contributed by atoms with Crippen LogP contribution in [0.4, 0.5) is 4.79 Å². The predicted octanol–water partition coefficient (Wildman–Crippen LogP) is 2.98. The molecule has 1 aromatic carbocycles. The molecule has 21 heavy (non-hydrogen) atoms. The molecule has 0 spiro atoms. The Morgan fingerprint density at radius 1 is 1.24 bits per heavy atom. The molecule has 0 fully saturated rings. The fourth-order valence-electron chi connectivity index (χ4n) is 1.81. The van der Waals surface area contributed by atoms with E-state index in [1.54, 1.807) is 0 Å². The highest BCUT2D eigenvalue weighted by atomic mass is 35.5. The smallest absolute Gasteiger partial charge is 0.314 e. The molecule has 0 radical (unpaired) electrons. The van der Waals surface area contributed by atoms with E-state index in [2.05, 4.69) is 10.6 Å². The Bertz CT molecular complexity index is 558. The number of aliphatic hydroxyl groups is 1. The van der Waals surface area contributed by atoms with Crippen LogP contribution in [0.5, 0.6) is 0 Å². The molecule has 0 saturated carbocycles. The Hall–Kier alpha value is -1.56. The van der Waals surface area contributed by atoms with Crippen molar-refractivity contribution in [3.05, 3.63) is 57.2 Å². The van der Waals surface area contributed by atoms with Gasteiger partial charge in [-0.05, 0) is 46.5 Å². The van der Waals surface area contributed by atoms with Crippen LogP contribution in [-0.2, 0) is 6.42 Å². The van der Waals surface area contributed by atoms with Crippen LogP contribution in [0, 0.1) is 0 Å². The number of benzene rings is 1. The van der Waals surface area contributed by atoms with Crippen molar-refractivity contribution in [1.29, 1.82) is 0 Å². The highest BCUT2D eigenvalue weighted by molar-refractivity contribution is 7.07. The molecule has 4 nitrogen and oxygen atoms in total. The fraction of sp³-hybridized carbons (Fsp3) is 0.267. The summed E-state index contributed by atoms with van der Waals surface area (Å²) in [5, 5.41) is 19.7. The number of rotatable bonds is 6. The van der Waals surface area contributed by atoms with Crippen molar-refractivity contribution < 1.29 is 9.90 Å². The van der Waals surface area contributed by atoms with Gasteiger partial charge in [0, 0.05) is 18.1 Å². The van der Waals surface area contributed by atoms with E-state index in [9.17, 15) is 9.90 Å². The normalized spacial score (nSPS) is 11.9. The van der Waals surface area contributed by atoms with Crippen LogP contribution in [0.3, 0.4) is 0 Å². The summed E-state index contributed by atoms with van der Waals surface area (Å²) >= 11 is 7.32. The summed E-state index contributed by atoms with van der Waals surface area (Å²) in [4.78, 5) is 11.6. The number of aliphatic hydroxyl groups excluding tert-OH is 1. The molecule has 1 aromatic heterocycles. The monoisotopic (exact) mass is 324 g/mol. The van der Waals surface area contributed by atoms with E-state index in [1.165, 1.54) is 11.3 Å². The van der Waals surface area contributed by atoms with Gasteiger partial charge in [0.15, 0.2) is 0 Å². The number of urea groups is 1. The summed E-state index contributed by atoms with van der Waals surface area (Å²) in [6.07, 6.45) is 0.0655. The number of hydrogen-bond acceptors (Lipinski definition) is 3. The first kappa shape index (κ1) is 15.8. The molecule has 1 atom stereocenters. The zero-order chi connectivity index (χ0) is 15.1. The van der Waals surface area contributed by atoms with E-state index in [0.29, 0.717) is 11.6 Å². The first-order chi connectivity index (χ1) is 10.1. The molecule has 1 heterocycles. The van der Waals surface area contributed by atoms with Gasteiger partial charge in [0.25, 0.3) is 0 Å². The van der Waals surface area contributed by atoms with Crippen LogP contribution in [-0.4, -0.2) is 24.2 Å². The van der Waals surface area contributed by atoms with Gasteiger partial charge in [0.2, 0.25) is 0 Å². The van der Waals surface area contributed by atoms with Gasteiger partial charge in [0.05, 0.1) is 6.10 Å². The van der Waals surface area contributed by atoms with Gasteiger partial charge in [0.1, 0.15) is 0 Å². The number of nitrogens with one attached hydrogen (secondary N) is 2. The zero-order valence-corrected chi connectivity index (χ0v) is 13.0. The predicted molar refractivity (Wildman–Crippen MR) is 85.8 cm³/mol. The Morgan fingerprint density at radius 3 is 2.67 bits per heavy atom. The molecule has 0 saturated heterocycles. The molecule has 3 N–H and O–H groups in total. The first-order valence-electron chi connectivity index (χ1n) is 6.61. The van der Waals surface area contributed by atoms with Crippen molar-refractivity contribution in [1.82, 2.24) is 10.6 Å². The molecule has 2 amide bonds. The van der Waals surface area contributed by atoms with Gasteiger partial charge in [-0.25, -0.2) is 4.79 Å². The maximum Gasteiger partial charge on any atom is 0.314 e. The van der Waals surface area contributed by atoms with Crippen molar-refractivity contribution in [2.45, 2.75) is 12.5 Å². The minimum absolute atomic E-state index is 0.198. The molecule has 0 bridgehead atoms. The summed E-state index contributed by atoms with van der Waals surface area (Å²) in [7, 11) is 0.